The molecule has 5 nitrogen and oxygen atoms in total. The molecule has 0 saturated carbocycles. The zero-order valence-electron chi connectivity index (χ0n) is 9.00. The summed E-state index contributed by atoms with van der Waals surface area (Å²) < 4.78 is 5.44. The van der Waals surface area contributed by atoms with E-state index in [4.69, 9.17) is 16.3 Å². The lowest BCUT2D eigenvalue weighted by Crippen LogP contribution is -2.33. The number of hydrogen-bond acceptors (Lipinski definition) is 4. The van der Waals surface area contributed by atoms with Crippen LogP contribution < -0.4 is 10.9 Å². The minimum Gasteiger partial charge on any atom is -0.379 e. The first-order valence-corrected chi connectivity index (χ1v) is 5.66. The van der Waals surface area contributed by atoms with Crippen LogP contribution in [0.25, 0.3) is 0 Å². The van der Waals surface area contributed by atoms with Gasteiger partial charge >= 0.3 is 0 Å². The zero-order valence-corrected chi connectivity index (χ0v) is 9.75. The van der Waals surface area contributed by atoms with E-state index >= 15 is 0 Å². The lowest BCUT2D eigenvalue weighted by molar-refractivity contribution is 0.0232. The third kappa shape index (κ3) is 2.54. The van der Waals surface area contributed by atoms with Crippen molar-refractivity contribution >= 4 is 17.3 Å². The van der Waals surface area contributed by atoms with Gasteiger partial charge in [-0.2, -0.15) is 5.10 Å². The van der Waals surface area contributed by atoms with Crippen molar-refractivity contribution in [2.24, 2.45) is 0 Å². The van der Waals surface area contributed by atoms with Crippen molar-refractivity contribution in [1.82, 2.24) is 10.2 Å². The van der Waals surface area contributed by atoms with Crippen LogP contribution in [-0.4, -0.2) is 29.0 Å². The average Bonchev–Trinajstić information content (AvgIpc) is 2.25. The predicted molar refractivity (Wildman–Crippen MR) is 61.9 cm³/mol. The molecule has 0 aliphatic carbocycles. The van der Waals surface area contributed by atoms with Crippen LogP contribution in [0.15, 0.2) is 11.0 Å². The summed E-state index contributed by atoms with van der Waals surface area (Å²) in [6.07, 6.45) is 3.58. The molecule has 2 rings (SSSR count). The van der Waals surface area contributed by atoms with Gasteiger partial charge in [-0.1, -0.05) is 11.6 Å². The third-order valence-corrected chi connectivity index (χ3v) is 3.02. The van der Waals surface area contributed by atoms with Crippen molar-refractivity contribution in [3.63, 3.8) is 0 Å². The van der Waals surface area contributed by atoms with Crippen LogP contribution in [0.2, 0.25) is 5.02 Å². The smallest absolute Gasteiger partial charge is 0.285 e. The molecule has 0 aromatic carbocycles. The molecule has 0 radical (unpaired) electrons. The van der Waals surface area contributed by atoms with Crippen molar-refractivity contribution in [1.29, 1.82) is 0 Å². The zero-order chi connectivity index (χ0) is 11.5. The molecule has 6 heteroatoms. The number of nitrogens with zero attached hydrogens (tertiary/aromatic N) is 1. The van der Waals surface area contributed by atoms with E-state index < -0.39 is 0 Å². The van der Waals surface area contributed by atoms with Gasteiger partial charge in [-0.25, -0.2) is 5.10 Å². The fraction of sp³-hybridized carbons (Fsp3) is 0.600. The number of aromatic amines is 1. The highest BCUT2D eigenvalue weighted by Gasteiger charge is 2.20. The Labute approximate surface area is 98.2 Å². The second-order valence-electron chi connectivity index (χ2n) is 3.97. The Morgan fingerprint density at radius 3 is 3.25 bits per heavy atom. The maximum absolute atomic E-state index is 11.2. The molecular formula is C10H14ClN3O2. The first-order valence-electron chi connectivity index (χ1n) is 5.28. The SMILES string of the molecule is CC1CC(Nc2cn[nH]c(=O)c2Cl)CCO1. The van der Waals surface area contributed by atoms with Gasteiger partial charge in [0.15, 0.2) is 0 Å². The average molecular weight is 244 g/mol. The van der Waals surface area contributed by atoms with E-state index in [1.54, 1.807) is 0 Å². The molecule has 1 aliphatic heterocycles. The van der Waals surface area contributed by atoms with Gasteiger partial charge in [-0.3, -0.25) is 4.79 Å². The molecule has 1 fully saturated rings. The van der Waals surface area contributed by atoms with E-state index in [1.165, 1.54) is 6.20 Å². The summed E-state index contributed by atoms with van der Waals surface area (Å²) in [5, 5.41) is 9.38. The van der Waals surface area contributed by atoms with Gasteiger partial charge in [0.2, 0.25) is 0 Å². The van der Waals surface area contributed by atoms with E-state index in [9.17, 15) is 4.79 Å². The number of halogens is 1. The second kappa shape index (κ2) is 4.84. The summed E-state index contributed by atoms with van der Waals surface area (Å²) in [6.45, 7) is 2.76. The minimum absolute atomic E-state index is 0.161. The first kappa shape index (κ1) is 11.4. The van der Waals surface area contributed by atoms with Crippen molar-refractivity contribution < 1.29 is 4.74 Å². The normalized spacial score (nSPS) is 25.4. The molecule has 16 heavy (non-hydrogen) atoms. The monoisotopic (exact) mass is 243 g/mol. The Balaban J connectivity index is 2.08. The van der Waals surface area contributed by atoms with Gasteiger partial charge in [-0.15, -0.1) is 0 Å². The fourth-order valence-corrected chi connectivity index (χ4v) is 1.98. The molecule has 1 aromatic rings. The van der Waals surface area contributed by atoms with Crippen molar-refractivity contribution in [2.75, 3.05) is 11.9 Å². The minimum atomic E-state index is -0.369. The standard InChI is InChI=1S/C10H14ClN3O2/c1-6-4-7(2-3-16-6)13-8-5-12-14-10(15)9(8)11/h5-7H,2-4H2,1H3,(H2,13,14,15). The summed E-state index contributed by atoms with van der Waals surface area (Å²) in [4.78, 5) is 11.2. The molecular weight excluding hydrogens is 230 g/mol. The van der Waals surface area contributed by atoms with E-state index in [1.807, 2.05) is 6.92 Å². The molecule has 2 atom stereocenters. The Hall–Kier alpha value is -1.07. The molecule has 1 aromatic heterocycles. The van der Waals surface area contributed by atoms with E-state index in [0.29, 0.717) is 5.69 Å². The first-order chi connectivity index (χ1) is 7.66. The number of rotatable bonds is 2. The maximum Gasteiger partial charge on any atom is 0.285 e. The lowest BCUT2D eigenvalue weighted by atomic mass is 10.0. The number of nitrogens with one attached hydrogen (secondary N) is 2. The van der Waals surface area contributed by atoms with E-state index in [-0.39, 0.29) is 22.7 Å². The quantitative estimate of drug-likeness (QED) is 0.824. The summed E-state index contributed by atoms with van der Waals surface area (Å²) in [5.74, 6) is 0. The second-order valence-corrected chi connectivity index (χ2v) is 4.35. The summed E-state index contributed by atoms with van der Waals surface area (Å²) in [7, 11) is 0. The molecule has 2 heterocycles. The third-order valence-electron chi connectivity index (χ3n) is 2.64. The van der Waals surface area contributed by atoms with E-state index in [0.717, 1.165) is 19.4 Å². The summed E-state index contributed by atoms with van der Waals surface area (Å²) in [5.41, 5.74) is 0.219. The summed E-state index contributed by atoms with van der Waals surface area (Å²) in [6, 6.07) is 0.282. The van der Waals surface area contributed by atoms with Gasteiger partial charge in [0.1, 0.15) is 5.02 Å². The number of anilines is 1. The van der Waals surface area contributed by atoms with Crippen molar-refractivity contribution in [2.45, 2.75) is 31.9 Å². The maximum atomic E-state index is 11.2. The Morgan fingerprint density at radius 2 is 2.50 bits per heavy atom. The van der Waals surface area contributed by atoms with E-state index in [2.05, 4.69) is 15.5 Å². The molecule has 1 aliphatic rings. The van der Waals surface area contributed by atoms with Crippen LogP contribution in [0.4, 0.5) is 5.69 Å². The Bertz CT molecular complexity index is 421. The van der Waals surface area contributed by atoms with Gasteiger partial charge < -0.3 is 10.1 Å². The van der Waals surface area contributed by atoms with Gasteiger partial charge in [0.05, 0.1) is 18.0 Å². The van der Waals surface area contributed by atoms with Crippen molar-refractivity contribution in [3.8, 4) is 0 Å². The van der Waals surface area contributed by atoms with Crippen LogP contribution >= 0.6 is 11.6 Å². The van der Waals surface area contributed by atoms with Gasteiger partial charge in [0.25, 0.3) is 5.56 Å². The van der Waals surface area contributed by atoms with Gasteiger partial charge in [0, 0.05) is 12.6 Å². The Morgan fingerprint density at radius 1 is 1.69 bits per heavy atom. The van der Waals surface area contributed by atoms with Crippen LogP contribution in [0.1, 0.15) is 19.8 Å². The molecule has 0 spiro atoms. The number of H-pyrrole nitrogens is 1. The van der Waals surface area contributed by atoms with Crippen LogP contribution in [0.5, 0.6) is 0 Å². The molecule has 2 unspecified atom stereocenters. The Kier molecular flexibility index (Phi) is 3.46. The molecule has 88 valence electrons. The van der Waals surface area contributed by atoms with Crippen molar-refractivity contribution in [3.05, 3.63) is 21.6 Å². The highest BCUT2D eigenvalue weighted by Crippen LogP contribution is 2.21. The highest BCUT2D eigenvalue weighted by atomic mass is 35.5. The largest absolute Gasteiger partial charge is 0.379 e. The number of aromatic nitrogens is 2. The summed E-state index contributed by atoms with van der Waals surface area (Å²) >= 11 is 5.87. The molecule has 2 N–H and O–H groups in total. The highest BCUT2D eigenvalue weighted by molar-refractivity contribution is 6.32. The van der Waals surface area contributed by atoms with Gasteiger partial charge in [-0.05, 0) is 19.8 Å². The topological polar surface area (TPSA) is 67.0 Å². The van der Waals surface area contributed by atoms with Crippen LogP contribution in [-0.2, 0) is 4.74 Å². The molecule has 1 saturated heterocycles. The number of hydrogen-bond donors (Lipinski definition) is 2. The predicted octanol–water partition coefficient (Wildman–Crippen LogP) is 1.40. The fourth-order valence-electron chi connectivity index (χ4n) is 1.83. The van der Waals surface area contributed by atoms with Crippen LogP contribution in [0, 0.1) is 0 Å². The molecule has 0 bridgehead atoms. The molecule has 0 amide bonds. The number of ether oxygens (including phenoxy) is 1. The lowest BCUT2D eigenvalue weighted by Gasteiger charge is -2.28. The van der Waals surface area contributed by atoms with Crippen LogP contribution in [0.3, 0.4) is 0 Å².